The zero-order valence-corrected chi connectivity index (χ0v) is 10.7. The fraction of sp³-hybridized carbons (Fsp3) is 0.250. The summed E-state index contributed by atoms with van der Waals surface area (Å²) in [5.41, 5.74) is 3.15. The Bertz CT molecular complexity index is 547. The summed E-state index contributed by atoms with van der Waals surface area (Å²) in [6, 6.07) is 12.9. The molecule has 2 aromatic carbocycles. The average Bonchev–Trinajstić information content (AvgIpc) is 2.35. The summed E-state index contributed by atoms with van der Waals surface area (Å²) >= 11 is 0. The van der Waals surface area contributed by atoms with Gasteiger partial charge in [0.15, 0.2) is 0 Å². The molecule has 0 aliphatic rings. The van der Waals surface area contributed by atoms with Crippen LogP contribution in [0.3, 0.4) is 0 Å². The molecule has 0 aliphatic carbocycles. The number of aryl methyl sites for hydroxylation is 1. The number of hydrogen-bond acceptors (Lipinski definition) is 2. The van der Waals surface area contributed by atoms with Crippen molar-refractivity contribution in [1.82, 2.24) is 0 Å². The van der Waals surface area contributed by atoms with E-state index in [0.29, 0.717) is 0 Å². The third-order valence-electron chi connectivity index (χ3n) is 3.24. The predicted molar refractivity (Wildman–Crippen MR) is 73.1 cm³/mol. The van der Waals surface area contributed by atoms with E-state index in [1.165, 1.54) is 17.2 Å². The standard InChI is InChI=1S/C16H18O2/c1-3-14(12-6-4-5-11(2)9-12)15-10-13(17)7-8-16(15)18/h4-10,14,17-18H,3H2,1-2H3. The van der Waals surface area contributed by atoms with Gasteiger partial charge in [0.05, 0.1) is 0 Å². The number of phenolic OH excluding ortho intramolecular Hbond substituents is 2. The molecule has 1 unspecified atom stereocenters. The molecule has 1 atom stereocenters. The molecular formula is C16H18O2. The molecule has 2 aromatic rings. The Morgan fingerprint density at radius 2 is 1.83 bits per heavy atom. The van der Waals surface area contributed by atoms with E-state index in [1.807, 2.05) is 6.07 Å². The maximum Gasteiger partial charge on any atom is 0.119 e. The van der Waals surface area contributed by atoms with Crippen LogP contribution < -0.4 is 0 Å². The number of aromatic hydroxyl groups is 2. The van der Waals surface area contributed by atoms with Gasteiger partial charge in [0, 0.05) is 11.5 Å². The maximum atomic E-state index is 9.96. The molecule has 2 N–H and O–H groups in total. The monoisotopic (exact) mass is 242 g/mol. The van der Waals surface area contributed by atoms with Crippen molar-refractivity contribution in [1.29, 1.82) is 0 Å². The summed E-state index contributed by atoms with van der Waals surface area (Å²) in [4.78, 5) is 0. The van der Waals surface area contributed by atoms with Crippen LogP contribution in [0.4, 0.5) is 0 Å². The van der Waals surface area contributed by atoms with Gasteiger partial charge in [-0.15, -0.1) is 0 Å². The number of rotatable bonds is 3. The van der Waals surface area contributed by atoms with Crippen LogP contribution in [-0.2, 0) is 0 Å². The van der Waals surface area contributed by atoms with Crippen LogP contribution in [0.15, 0.2) is 42.5 Å². The van der Waals surface area contributed by atoms with Crippen LogP contribution in [0.1, 0.15) is 36.0 Å². The highest BCUT2D eigenvalue weighted by Gasteiger charge is 2.16. The lowest BCUT2D eigenvalue weighted by atomic mass is 9.88. The van der Waals surface area contributed by atoms with Gasteiger partial charge < -0.3 is 10.2 Å². The summed E-state index contributed by atoms with van der Waals surface area (Å²) in [6.07, 6.45) is 0.875. The van der Waals surface area contributed by atoms with Gasteiger partial charge in [-0.2, -0.15) is 0 Å². The van der Waals surface area contributed by atoms with Crippen molar-refractivity contribution < 1.29 is 10.2 Å². The Morgan fingerprint density at radius 3 is 2.50 bits per heavy atom. The smallest absolute Gasteiger partial charge is 0.119 e. The van der Waals surface area contributed by atoms with E-state index in [4.69, 9.17) is 0 Å². The van der Waals surface area contributed by atoms with E-state index in [0.717, 1.165) is 12.0 Å². The Morgan fingerprint density at radius 1 is 1.06 bits per heavy atom. The minimum Gasteiger partial charge on any atom is -0.508 e. The molecule has 18 heavy (non-hydrogen) atoms. The van der Waals surface area contributed by atoms with Crippen LogP contribution in [0.5, 0.6) is 11.5 Å². The molecule has 0 saturated heterocycles. The van der Waals surface area contributed by atoms with Gasteiger partial charge in [0.2, 0.25) is 0 Å². The largest absolute Gasteiger partial charge is 0.508 e. The second-order valence-corrected chi connectivity index (χ2v) is 4.62. The quantitative estimate of drug-likeness (QED) is 0.800. The Kier molecular flexibility index (Phi) is 3.56. The SMILES string of the molecule is CCC(c1cccc(C)c1)c1cc(O)ccc1O. The zero-order chi connectivity index (χ0) is 13.1. The van der Waals surface area contributed by atoms with Crippen molar-refractivity contribution in [3.8, 4) is 11.5 Å². The first-order valence-electron chi connectivity index (χ1n) is 6.20. The molecule has 94 valence electrons. The van der Waals surface area contributed by atoms with Crippen LogP contribution in [0.25, 0.3) is 0 Å². The molecule has 0 saturated carbocycles. The third kappa shape index (κ3) is 2.48. The van der Waals surface area contributed by atoms with Gasteiger partial charge >= 0.3 is 0 Å². The van der Waals surface area contributed by atoms with Crippen molar-refractivity contribution in [3.05, 3.63) is 59.2 Å². The minimum atomic E-state index is 0.108. The van der Waals surface area contributed by atoms with E-state index in [-0.39, 0.29) is 17.4 Å². The lowest BCUT2D eigenvalue weighted by molar-refractivity contribution is 0.450. The van der Waals surface area contributed by atoms with Gasteiger partial charge in [-0.1, -0.05) is 36.8 Å². The first kappa shape index (κ1) is 12.5. The summed E-state index contributed by atoms with van der Waals surface area (Å²) in [5, 5.41) is 19.5. The average molecular weight is 242 g/mol. The van der Waals surface area contributed by atoms with Gasteiger partial charge in [-0.05, 0) is 37.1 Å². The molecule has 2 rings (SSSR count). The summed E-state index contributed by atoms with van der Waals surface area (Å²) < 4.78 is 0. The van der Waals surface area contributed by atoms with E-state index < -0.39 is 0 Å². The molecule has 2 heteroatoms. The number of phenols is 2. The lowest BCUT2D eigenvalue weighted by Crippen LogP contribution is -2.00. The Labute approximate surface area is 108 Å². The van der Waals surface area contributed by atoms with E-state index in [1.54, 1.807) is 12.1 Å². The molecule has 0 aliphatic heterocycles. The summed E-state index contributed by atoms with van der Waals surface area (Å²) in [5.74, 6) is 0.534. The van der Waals surface area contributed by atoms with E-state index in [2.05, 4.69) is 32.0 Å². The van der Waals surface area contributed by atoms with E-state index in [9.17, 15) is 10.2 Å². The van der Waals surface area contributed by atoms with Gasteiger partial charge in [-0.3, -0.25) is 0 Å². The molecule has 0 aromatic heterocycles. The first-order chi connectivity index (χ1) is 8.61. The van der Waals surface area contributed by atoms with Gasteiger partial charge in [-0.25, -0.2) is 0 Å². The van der Waals surface area contributed by atoms with Crippen molar-refractivity contribution in [2.24, 2.45) is 0 Å². The minimum absolute atomic E-state index is 0.108. The van der Waals surface area contributed by atoms with Crippen LogP contribution in [0, 0.1) is 6.92 Å². The second-order valence-electron chi connectivity index (χ2n) is 4.62. The fourth-order valence-electron chi connectivity index (χ4n) is 2.34. The van der Waals surface area contributed by atoms with Crippen LogP contribution in [0.2, 0.25) is 0 Å². The van der Waals surface area contributed by atoms with Gasteiger partial charge in [0.25, 0.3) is 0 Å². The summed E-state index contributed by atoms with van der Waals surface area (Å²) in [7, 11) is 0. The van der Waals surface area contributed by atoms with Gasteiger partial charge in [0.1, 0.15) is 11.5 Å². The normalized spacial score (nSPS) is 12.3. The van der Waals surface area contributed by atoms with Crippen molar-refractivity contribution in [3.63, 3.8) is 0 Å². The van der Waals surface area contributed by atoms with Crippen molar-refractivity contribution in [2.75, 3.05) is 0 Å². The highest BCUT2D eigenvalue weighted by molar-refractivity contribution is 5.45. The molecule has 0 fully saturated rings. The van der Waals surface area contributed by atoms with Crippen LogP contribution >= 0.6 is 0 Å². The lowest BCUT2D eigenvalue weighted by Gasteiger charge is -2.18. The Hall–Kier alpha value is -1.96. The molecule has 0 bridgehead atoms. The molecule has 2 nitrogen and oxygen atoms in total. The molecule has 0 radical (unpaired) electrons. The third-order valence-corrected chi connectivity index (χ3v) is 3.24. The molecule has 0 amide bonds. The first-order valence-corrected chi connectivity index (χ1v) is 6.20. The number of benzene rings is 2. The topological polar surface area (TPSA) is 40.5 Å². The van der Waals surface area contributed by atoms with Crippen LogP contribution in [-0.4, -0.2) is 10.2 Å². The predicted octanol–water partition coefficient (Wildman–Crippen LogP) is 3.95. The van der Waals surface area contributed by atoms with Crippen molar-refractivity contribution >= 4 is 0 Å². The maximum absolute atomic E-state index is 9.96. The van der Waals surface area contributed by atoms with E-state index >= 15 is 0 Å². The zero-order valence-electron chi connectivity index (χ0n) is 10.7. The Balaban J connectivity index is 2.48. The summed E-state index contributed by atoms with van der Waals surface area (Å²) in [6.45, 7) is 4.13. The molecular weight excluding hydrogens is 224 g/mol. The number of hydrogen-bond donors (Lipinski definition) is 2. The highest BCUT2D eigenvalue weighted by Crippen LogP contribution is 2.35. The molecule has 0 heterocycles. The second kappa shape index (κ2) is 5.13. The fourth-order valence-corrected chi connectivity index (χ4v) is 2.34. The highest BCUT2D eigenvalue weighted by atomic mass is 16.3. The molecule has 0 spiro atoms. The van der Waals surface area contributed by atoms with Crippen molar-refractivity contribution in [2.45, 2.75) is 26.2 Å².